The molecule has 0 aromatic carbocycles. The first kappa shape index (κ1) is 16.0. The number of aryl methyl sites for hydroxylation is 1. The molecule has 0 fully saturated rings. The Morgan fingerprint density at radius 1 is 1.55 bits per heavy atom. The Bertz CT molecular complexity index is 458. The predicted molar refractivity (Wildman–Crippen MR) is 74.2 cm³/mol. The number of carbonyl (C=O) groups excluding carboxylic acids is 1. The number of unbranched alkanes of at least 4 members (excludes halogenated alkanes) is 1. The van der Waals surface area contributed by atoms with Gasteiger partial charge in [-0.25, -0.2) is 14.6 Å². The summed E-state index contributed by atoms with van der Waals surface area (Å²) in [6, 6.07) is -1.25. The molecule has 1 heterocycles. The quantitative estimate of drug-likeness (QED) is 0.786. The highest BCUT2D eigenvalue weighted by molar-refractivity contribution is 5.82. The van der Waals surface area contributed by atoms with Crippen LogP contribution in [0.5, 0.6) is 0 Å². The van der Waals surface area contributed by atoms with Crippen molar-refractivity contribution in [1.29, 1.82) is 0 Å². The third-order valence-corrected chi connectivity index (χ3v) is 3.09. The highest BCUT2D eigenvalue weighted by atomic mass is 16.4. The molecule has 1 aromatic heterocycles. The number of carbonyl (C=O) groups is 2. The number of nitrogens with one attached hydrogen (secondary N) is 1. The van der Waals surface area contributed by atoms with E-state index in [2.05, 4.69) is 10.3 Å². The normalized spacial score (nSPS) is 11.9. The van der Waals surface area contributed by atoms with Crippen molar-refractivity contribution >= 4 is 12.0 Å². The van der Waals surface area contributed by atoms with Gasteiger partial charge in [0.25, 0.3) is 0 Å². The molecule has 112 valence electrons. The first-order chi connectivity index (χ1) is 9.45. The third kappa shape index (κ3) is 4.56. The highest BCUT2D eigenvalue weighted by Gasteiger charge is 2.21. The summed E-state index contributed by atoms with van der Waals surface area (Å²) in [5.74, 6) is -0.264. The molecule has 0 aliphatic rings. The molecule has 0 saturated carbocycles. The molecule has 7 heteroatoms. The van der Waals surface area contributed by atoms with Crippen LogP contribution in [0.15, 0.2) is 12.4 Å². The Balaban J connectivity index is 2.55. The summed E-state index contributed by atoms with van der Waals surface area (Å²) in [5.41, 5.74) is 0. The van der Waals surface area contributed by atoms with Gasteiger partial charge in [-0.1, -0.05) is 19.8 Å². The molecule has 0 aliphatic carbocycles. The van der Waals surface area contributed by atoms with E-state index in [4.69, 9.17) is 5.11 Å². The van der Waals surface area contributed by atoms with Gasteiger partial charge in [-0.15, -0.1) is 0 Å². The van der Waals surface area contributed by atoms with Gasteiger partial charge in [0.15, 0.2) is 0 Å². The van der Waals surface area contributed by atoms with Gasteiger partial charge < -0.3 is 19.9 Å². The number of carboxylic acid groups (broad SMARTS) is 1. The molecule has 0 saturated heterocycles. The van der Waals surface area contributed by atoms with Crippen molar-refractivity contribution in [3.05, 3.63) is 18.2 Å². The lowest BCUT2D eigenvalue weighted by Crippen LogP contribution is -2.46. The largest absolute Gasteiger partial charge is 0.480 e. The second kappa shape index (κ2) is 7.52. The molecule has 2 amide bonds. The number of hydrogen-bond donors (Lipinski definition) is 2. The molecule has 0 radical (unpaired) electrons. The van der Waals surface area contributed by atoms with E-state index in [1.807, 2.05) is 18.5 Å². The fourth-order valence-electron chi connectivity index (χ4n) is 1.76. The second-order valence-electron chi connectivity index (χ2n) is 4.79. The van der Waals surface area contributed by atoms with E-state index >= 15 is 0 Å². The summed E-state index contributed by atoms with van der Waals surface area (Å²) in [5, 5.41) is 11.6. The van der Waals surface area contributed by atoms with Crippen molar-refractivity contribution in [1.82, 2.24) is 19.8 Å². The zero-order valence-electron chi connectivity index (χ0n) is 12.2. The van der Waals surface area contributed by atoms with Gasteiger partial charge in [-0.2, -0.15) is 0 Å². The van der Waals surface area contributed by atoms with E-state index in [0.29, 0.717) is 13.0 Å². The molecular formula is C13H22N4O3. The molecule has 2 N–H and O–H groups in total. The number of aliphatic carboxylic acids is 1. The minimum atomic E-state index is -1.00. The van der Waals surface area contributed by atoms with E-state index in [9.17, 15) is 9.59 Å². The Labute approximate surface area is 118 Å². The lowest BCUT2D eigenvalue weighted by molar-refractivity contribution is -0.139. The topological polar surface area (TPSA) is 87.5 Å². The number of imidazole rings is 1. The van der Waals surface area contributed by atoms with Crippen LogP contribution >= 0.6 is 0 Å². The Morgan fingerprint density at radius 2 is 2.25 bits per heavy atom. The monoisotopic (exact) mass is 282 g/mol. The fraction of sp³-hybridized carbons (Fsp3) is 0.615. The Morgan fingerprint density at radius 3 is 2.75 bits per heavy atom. The van der Waals surface area contributed by atoms with Crippen molar-refractivity contribution in [2.75, 3.05) is 7.05 Å². The molecule has 0 spiro atoms. The number of amides is 2. The Kier molecular flexibility index (Phi) is 6.02. The molecule has 0 bridgehead atoms. The van der Waals surface area contributed by atoms with Crippen LogP contribution in [0.1, 0.15) is 32.0 Å². The molecule has 1 rings (SSSR count). The zero-order chi connectivity index (χ0) is 15.1. The third-order valence-electron chi connectivity index (χ3n) is 3.09. The van der Waals surface area contributed by atoms with Crippen LogP contribution in [-0.2, 0) is 18.4 Å². The maximum Gasteiger partial charge on any atom is 0.326 e. The average molecular weight is 282 g/mol. The summed E-state index contributed by atoms with van der Waals surface area (Å²) in [6.45, 7) is 2.31. The van der Waals surface area contributed by atoms with Gasteiger partial charge in [0.1, 0.15) is 11.9 Å². The van der Waals surface area contributed by atoms with Crippen LogP contribution in [0.3, 0.4) is 0 Å². The molecule has 1 aromatic rings. The Hall–Kier alpha value is -2.05. The number of nitrogens with zero attached hydrogens (tertiary/aromatic N) is 3. The SMILES string of the molecule is CCCC[C@H](NC(=O)N(C)Cc1nccn1C)C(=O)O. The first-order valence-corrected chi connectivity index (χ1v) is 6.66. The lowest BCUT2D eigenvalue weighted by Gasteiger charge is -2.21. The van der Waals surface area contributed by atoms with Crippen molar-refractivity contribution in [3.63, 3.8) is 0 Å². The maximum absolute atomic E-state index is 12.0. The zero-order valence-corrected chi connectivity index (χ0v) is 12.2. The second-order valence-corrected chi connectivity index (χ2v) is 4.79. The molecule has 1 atom stereocenters. The van der Waals surface area contributed by atoms with Crippen LogP contribution in [0, 0.1) is 0 Å². The number of hydrogen-bond acceptors (Lipinski definition) is 3. The molecular weight excluding hydrogens is 260 g/mol. The van der Waals surface area contributed by atoms with Crippen molar-refractivity contribution in [2.24, 2.45) is 7.05 Å². The van der Waals surface area contributed by atoms with Crippen molar-refractivity contribution < 1.29 is 14.7 Å². The van der Waals surface area contributed by atoms with Crippen molar-refractivity contribution in [2.45, 2.75) is 38.8 Å². The summed E-state index contributed by atoms with van der Waals surface area (Å²) < 4.78 is 1.82. The lowest BCUT2D eigenvalue weighted by atomic mass is 10.1. The van der Waals surface area contributed by atoms with E-state index in [1.54, 1.807) is 19.4 Å². The number of urea groups is 1. The first-order valence-electron chi connectivity index (χ1n) is 6.66. The summed E-state index contributed by atoms with van der Waals surface area (Å²) >= 11 is 0. The van der Waals surface area contributed by atoms with Crippen LogP contribution in [-0.4, -0.2) is 44.6 Å². The number of rotatable bonds is 7. The van der Waals surface area contributed by atoms with Crippen molar-refractivity contribution in [3.8, 4) is 0 Å². The summed E-state index contributed by atoms with van der Waals surface area (Å²) in [4.78, 5) is 28.6. The molecule has 20 heavy (non-hydrogen) atoms. The van der Waals surface area contributed by atoms with E-state index < -0.39 is 18.0 Å². The van der Waals surface area contributed by atoms with E-state index in [-0.39, 0.29) is 0 Å². The minimum absolute atomic E-state index is 0.329. The van der Waals surface area contributed by atoms with Crippen LogP contribution in [0.4, 0.5) is 4.79 Å². The van der Waals surface area contributed by atoms with Gasteiger partial charge in [-0.3, -0.25) is 0 Å². The minimum Gasteiger partial charge on any atom is -0.480 e. The summed E-state index contributed by atoms with van der Waals surface area (Å²) in [7, 11) is 3.46. The van der Waals surface area contributed by atoms with Gasteiger partial charge >= 0.3 is 12.0 Å². The van der Waals surface area contributed by atoms with Gasteiger partial charge in [0.05, 0.1) is 6.54 Å². The van der Waals surface area contributed by atoms with Crippen LogP contribution < -0.4 is 5.32 Å². The van der Waals surface area contributed by atoms with Gasteiger partial charge in [0, 0.05) is 26.5 Å². The van der Waals surface area contributed by atoms with Gasteiger partial charge in [-0.05, 0) is 6.42 Å². The summed E-state index contributed by atoms with van der Waals surface area (Å²) in [6.07, 6.45) is 5.54. The van der Waals surface area contributed by atoms with Crippen LogP contribution in [0.25, 0.3) is 0 Å². The molecule has 0 unspecified atom stereocenters. The smallest absolute Gasteiger partial charge is 0.326 e. The highest BCUT2D eigenvalue weighted by Crippen LogP contribution is 2.04. The number of carboxylic acids is 1. The molecule has 0 aliphatic heterocycles. The van der Waals surface area contributed by atoms with Crippen LogP contribution in [0.2, 0.25) is 0 Å². The standard InChI is InChI=1S/C13H22N4O3/c1-4-5-6-10(12(18)19)15-13(20)17(3)9-11-14-7-8-16(11)2/h7-8,10H,4-6,9H2,1-3H3,(H,15,20)(H,18,19)/t10-/m0/s1. The maximum atomic E-state index is 12.0. The fourth-order valence-corrected chi connectivity index (χ4v) is 1.76. The van der Waals surface area contributed by atoms with E-state index in [0.717, 1.165) is 18.7 Å². The number of aromatic nitrogens is 2. The molecule has 7 nitrogen and oxygen atoms in total. The average Bonchev–Trinajstić information content (AvgIpc) is 2.79. The van der Waals surface area contributed by atoms with E-state index in [1.165, 1.54) is 4.90 Å². The predicted octanol–water partition coefficient (Wildman–Crippen LogP) is 1.20. The van der Waals surface area contributed by atoms with Gasteiger partial charge in [0.2, 0.25) is 0 Å².